The van der Waals surface area contributed by atoms with E-state index in [1.807, 2.05) is 0 Å². The first-order chi connectivity index (χ1) is 18.2. The SMILES string of the molecule is Cn1nc(C#N)c2cc(-c3c(F)cc(C(F)(F)F)cc3C(N)=O)c3c(c21)C(=O)NC3(O)c1cc(F)ccc1Cl. The summed E-state index contributed by atoms with van der Waals surface area (Å²) in [5, 5.41) is 27.4. The molecule has 0 fully saturated rings. The predicted molar refractivity (Wildman–Crippen MR) is 126 cm³/mol. The van der Waals surface area contributed by atoms with E-state index in [9.17, 15) is 37.5 Å². The van der Waals surface area contributed by atoms with Gasteiger partial charge in [-0.1, -0.05) is 11.6 Å². The minimum absolute atomic E-state index is 0.0146. The van der Waals surface area contributed by atoms with Crippen LogP contribution in [0.15, 0.2) is 36.4 Å². The Balaban J connectivity index is 2.01. The summed E-state index contributed by atoms with van der Waals surface area (Å²) in [4.78, 5) is 25.6. The number of nitrogens with two attached hydrogens (primary N) is 1. The summed E-state index contributed by atoms with van der Waals surface area (Å²) in [7, 11) is 1.37. The van der Waals surface area contributed by atoms with Gasteiger partial charge in [0.1, 0.15) is 17.7 Å². The van der Waals surface area contributed by atoms with Gasteiger partial charge in [0.15, 0.2) is 11.4 Å². The van der Waals surface area contributed by atoms with E-state index >= 15 is 4.39 Å². The van der Waals surface area contributed by atoms with Gasteiger partial charge in [-0.2, -0.15) is 23.5 Å². The maximum atomic E-state index is 15.6. The predicted octanol–water partition coefficient (Wildman–Crippen LogP) is 4.10. The van der Waals surface area contributed by atoms with Crippen molar-refractivity contribution in [2.75, 3.05) is 0 Å². The number of benzene rings is 3. The molecule has 198 valence electrons. The van der Waals surface area contributed by atoms with Gasteiger partial charge in [-0.25, -0.2) is 8.78 Å². The van der Waals surface area contributed by atoms with Crippen LogP contribution in [0, 0.1) is 23.0 Å². The second-order valence-electron chi connectivity index (χ2n) is 8.69. The van der Waals surface area contributed by atoms with Gasteiger partial charge in [-0.05, 0) is 42.0 Å². The molecule has 3 aromatic carbocycles. The summed E-state index contributed by atoms with van der Waals surface area (Å²) in [6, 6.07) is 6.16. The minimum Gasteiger partial charge on any atom is -0.366 e. The first kappa shape index (κ1) is 26.1. The van der Waals surface area contributed by atoms with Crippen LogP contribution in [0.4, 0.5) is 22.0 Å². The number of alkyl halides is 3. The van der Waals surface area contributed by atoms with E-state index < -0.39 is 68.7 Å². The van der Waals surface area contributed by atoms with Crippen LogP contribution in [0.25, 0.3) is 22.0 Å². The molecule has 1 aromatic heterocycles. The Kier molecular flexibility index (Phi) is 5.67. The summed E-state index contributed by atoms with van der Waals surface area (Å²) in [5.41, 5.74) is -2.56. The molecule has 14 heteroatoms. The van der Waals surface area contributed by atoms with Crippen LogP contribution >= 0.6 is 11.6 Å². The van der Waals surface area contributed by atoms with Crippen LogP contribution in [-0.2, 0) is 18.9 Å². The van der Waals surface area contributed by atoms with Gasteiger partial charge in [-0.3, -0.25) is 14.3 Å². The van der Waals surface area contributed by atoms with Crippen molar-refractivity contribution in [3.05, 3.63) is 86.6 Å². The third-order valence-electron chi connectivity index (χ3n) is 6.39. The molecule has 0 saturated heterocycles. The van der Waals surface area contributed by atoms with Gasteiger partial charge in [-0.15, -0.1) is 0 Å². The number of nitrogens with zero attached hydrogens (tertiary/aromatic N) is 3. The monoisotopic (exact) mass is 561 g/mol. The average Bonchev–Trinajstić information content (AvgIpc) is 3.32. The topological polar surface area (TPSA) is 134 Å². The smallest absolute Gasteiger partial charge is 0.366 e. The van der Waals surface area contributed by atoms with E-state index in [2.05, 4.69) is 10.4 Å². The Labute approximate surface area is 220 Å². The molecule has 4 N–H and O–H groups in total. The number of hydrogen-bond acceptors (Lipinski definition) is 5. The van der Waals surface area contributed by atoms with Gasteiger partial charge >= 0.3 is 6.18 Å². The molecule has 1 aliphatic heterocycles. The third-order valence-corrected chi connectivity index (χ3v) is 6.72. The van der Waals surface area contributed by atoms with Crippen LogP contribution in [0.2, 0.25) is 5.02 Å². The van der Waals surface area contributed by atoms with E-state index in [0.717, 1.165) is 28.9 Å². The zero-order valence-electron chi connectivity index (χ0n) is 19.4. The first-order valence-corrected chi connectivity index (χ1v) is 11.2. The molecule has 0 bridgehead atoms. The number of primary amides is 1. The lowest BCUT2D eigenvalue weighted by atomic mass is 9.83. The van der Waals surface area contributed by atoms with Crippen molar-refractivity contribution in [2.24, 2.45) is 12.8 Å². The van der Waals surface area contributed by atoms with Gasteiger partial charge in [0.2, 0.25) is 5.91 Å². The maximum Gasteiger partial charge on any atom is 0.416 e. The highest BCUT2D eigenvalue weighted by Crippen LogP contribution is 2.48. The van der Waals surface area contributed by atoms with Crippen molar-refractivity contribution in [3.63, 3.8) is 0 Å². The quantitative estimate of drug-likeness (QED) is 0.324. The number of aliphatic hydroxyl groups is 1. The maximum absolute atomic E-state index is 15.6. The summed E-state index contributed by atoms with van der Waals surface area (Å²) in [6.45, 7) is 0. The summed E-state index contributed by atoms with van der Waals surface area (Å²) >= 11 is 6.23. The second kappa shape index (κ2) is 8.48. The first-order valence-electron chi connectivity index (χ1n) is 10.8. The molecule has 5 rings (SSSR count). The molecule has 1 atom stereocenters. The zero-order chi connectivity index (χ0) is 28.6. The number of carbonyl (C=O) groups is 2. The van der Waals surface area contributed by atoms with Crippen LogP contribution in [0.1, 0.15) is 43.1 Å². The second-order valence-corrected chi connectivity index (χ2v) is 9.09. The van der Waals surface area contributed by atoms with E-state index in [1.165, 1.54) is 7.05 Å². The van der Waals surface area contributed by atoms with Crippen LogP contribution in [0.3, 0.4) is 0 Å². The van der Waals surface area contributed by atoms with Gasteiger partial charge in [0.05, 0.1) is 22.2 Å². The molecule has 8 nitrogen and oxygen atoms in total. The third kappa shape index (κ3) is 3.79. The molecule has 0 aliphatic carbocycles. The molecule has 2 heterocycles. The highest BCUT2D eigenvalue weighted by molar-refractivity contribution is 6.31. The fourth-order valence-corrected chi connectivity index (χ4v) is 5.08. The van der Waals surface area contributed by atoms with Crippen molar-refractivity contribution in [1.29, 1.82) is 5.26 Å². The zero-order valence-corrected chi connectivity index (χ0v) is 20.2. The molecule has 4 aromatic rings. The highest BCUT2D eigenvalue weighted by atomic mass is 35.5. The highest BCUT2D eigenvalue weighted by Gasteiger charge is 2.49. The number of aromatic nitrogens is 2. The van der Waals surface area contributed by atoms with Crippen LogP contribution in [-0.4, -0.2) is 26.7 Å². The lowest BCUT2D eigenvalue weighted by Crippen LogP contribution is -2.41. The van der Waals surface area contributed by atoms with E-state index in [0.29, 0.717) is 6.07 Å². The molecule has 0 spiro atoms. The molecule has 39 heavy (non-hydrogen) atoms. The molecular weight excluding hydrogens is 549 g/mol. The minimum atomic E-state index is -5.06. The number of carbonyl (C=O) groups excluding carboxylic acids is 2. The van der Waals surface area contributed by atoms with Crippen LogP contribution in [0.5, 0.6) is 0 Å². The Bertz CT molecular complexity index is 1810. The molecule has 0 saturated carbocycles. The normalized spacial score (nSPS) is 16.7. The Morgan fingerprint density at radius 1 is 1.21 bits per heavy atom. The standard InChI is InChI=1S/C25H13ClF5N5O3/c1-36-21-11(17(8-32)35-36)7-12(18-13(22(33)37)4-9(5-16(18)28)25(29,30)31)20-19(21)23(38)34-24(20,39)14-6-10(27)2-3-15(14)26/h2-7,39H,1H3,(H2,33,37)(H,34,38). The molecule has 1 aliphatic rings. The number of halogens is 6. The van der Waals surface area contributed by atoms with Crippen molar-refractivity contribution < 1.29 is 36.6 Å². The fourth-order valence-electron chi connectivity index (χ4n) is 4.82. The molecule has 1 unspecified atom stereocenters. The van der Waals surface area contributed by atoms with Crippen molar-refractivity contribution in [3.8, 4) is 17.2 Å². The summed E-state index contributed by atoms with van der Waals surface area (Å²) in [6.07, 6.45) is -5.06. The Morgan fingerprint density at radius 3 is 2.51 bits per heavy atom. The Morgan fingerprint density at radius 2 is 1.90 bits per heavy atom. The Hall–Kier alpha value is -4.54. The summed E-state index contributed by atoms with van der Waals surface area (Å²) in [5.74, 6) is -4.89. The largest absolute Gasteiger partial charge is 0.416 e. The van der Waals surface area contributed by atoms with Crippen molar-refractivity contribution >= 4 is 34.3 Å². The number of amides is 2. The van der Waals surface area contributed by atoms with E-state index in [4.69, 9.17) is 17.3 Å². The van der Waals surface area contributed by atoms with Crippen molar-refractivity contribution in [1.82, 2.24) is 15.1 Å². The van der Waals surface area contributed by atoms with Gasteiger partial charge in [0, 0.05) is 34.1 Å². The number of nitriles is 1. The van der Waals surface area contributed by atoms with E-state index in [-0.39, 0.29) is 33.2 Å². The summed E-state index contributed by atoms with van der Waals surface area (Å²) < 4.78 is 71.3. The lowest BCUT2D eigenvalue weighted by molar-refractivity contribution is -0.137. The average molecular weight is 562 g/mol. The number of rotatable bonds is 3. The number of nitrogens with one attached hydrogen (secondary N) is 1. The van der Waals surface area contributed by atoms with Crippen molar-refractivity contribution in [2.45, 2.75) is 11.9 Å². The fraction of sp³-hybridized carbons (Fsp3) is 0.120. The van der Waals surface area contributed by atoms with Crippen LogP contribution < -0.4 is 11.1 Å². The number of hydrogen-bond donors (Lipinski definition) is 3. The number of fused-ring (bicyclic) bond motifs is 3. The molecular formula is C25H13ClF5N5O3. The van der Waals surface area contributed by atoms with E-state index in [1.54, 1.807) is 6.07 Å². The number of aryl methyl sites for hydroxylation is 1. The molecule has 2 amide bonds. The lowest BCUT2D eigenvalue weighted by Gasteiger charge is -2.28. The van der Waals surface area contributed by atoms with Gasteiger partial charge in [0.25, 0.3) is 5.91 Å². The van der Waals surface area contributed by atoms with Gasteiger partial charge < -0.3 is 16.2 Å². The molecule has 0 radical (unpaired) electrons.